The van der Waals surface area contributed by atoms with Crippen LogP contribution in [0.5, 0.6) is 0 Å². The number of rotatable bonds is 4. The molecule has 4 aromatic carbocycles. The number of aryl methyl sites for hydroxylation is 4. The molecule has 0 saturated carbocycles. The summed E-state index contributed by atoms with van der Waals surface area (Å²) in [6.07, 6.45) is -11.1. The molecule has 0 bridgehead atoms. The minimum Gasteiger partial charge on any atom is -0.289 e. The van der Waals surface area contributed by atoms with E-state index in [1.165, 1.54) is 35.4 Å². The van der Waals surface area contributed by atoms with Crippen molar-refractivity contribution in [2.24, 2.45) is 0 Å². The van der Waals surface area contributed by atoms with Gasteiger partial charge in [0.2, 0.25) is 5.41 Å². The van der Waals surface area contributed by atoms with Gasteiger partial charge in [-0.2, -0.15) is 26.3 Å². The molecule has 0 atom stereocenters. The molecule has 0 amide bonds. The van der Waals surface area contributed by atoms with Crippen molar-refractivity contribution in [2.45, 2.75) is 45.5 Å². The van der Waals surface area contributed by atoms with Gasteiger partial charge in [0.15, 0.2) is 5.78 Å². The first-order valence-corrected chi connectivity index (χ1v) is 12.1. The van der Waals surface area contributed by atoms with Crippen molar-refractivity contribution < 1.29 is 31.1 Å². The smallest absolute Gasteiger partial charge is 0.289 e. The molecule has 4 aromatic rings. The number of benzene rings is 4. The monoisotopic (exact) mass is 542 g/mol. The maximum atomic E-state index is 13.7. The minimum atomic E-state index is -5.53. The third kappa shape index (κ3) is 6.41. The van der Waals surface area contributed by atoms with Gasteiger partial charge >= 0.3 is 12.4 Å². The zero-order chi connectivity index (χ0) is 29.0. The van der Waals surface area contributed by atoms with Gasteiger partial charge in [0.05, 0.1) is 0 Å². The van der Waals surface area contributed by atoms with Gasteiger partial charge in [-0.15, -0.1) is 0 Å². The molecule has 0 aliphatic heterocycles. The van der Waals surface area contributed by atoms with Crippen LogP contribution in [0.2, 0.25) is 0 Å². The third-order valence-corrected chi connectivity index (χ3v) is 6.45. The minimum absolute atomic E-state index is 0.0833. The van der Waals surface area contributed by atoms with E-state index in [2.05, 4.69) is 0 Å². The van der Waals surface area contributed by atoms with Gasteiger partial charge in [0.1, 0.15) is 0 Å². The van der Waals surface area contributed by atoms with E-state index < -0.39 is 28.9 Å². The zero-order valence-corrected chi connectivity index (χ0v) is 21.9. The quantitative estimate of drug-likeness (QED) is 0.186. The van der Waals surface area contributed by atoms with Gasteiger partial charge < -0.3 is 0 Å². The van der Waals surface area contributed by atoms with Gasteiger partial charge in [-0.05, 0) is 38.8 Å². The number of hydrogen-bond acceptors (Lipinski definition) is 1. The summed E-state index contributed by atoms with van der Waals surface area (Å²) in [5.41, 5.74) is -0.753. The van der Waals surface area contributed by atoms with Gasteiger partial charge in [-0.3, -0.25) is 4.79 Å². The Hall–Kier alpha value is -3.87. The summed E-state index contributed by atoms with van der Waals surface area (Å²) in [5.74, 6) is 0.0833. The van der Waals surface area contributed by atoms with Crippen molar-refractivity contribution in [1.82, 2.24) is 0 Å². The molecule has 0 spiro atoms. The molecule has 39 heavy (non-hydrogen) atoms. The van der Waals surface area contributed by atoms with Crippen molar-refractivity contribution >= 4 is 5.78 Å². The second kappa shape index (κ2) is 11.5. The fourth-order valence-electron chi connectivity index (χ4n) is 4.17. The number of carbonyl (C=O) groups excluding carboxylic acids is 1. The Morgan fingerprint density at radius 1 is 0.436 bits per heavy atom. The molecule has 0 saturated heterocycles. The van der Waals surface area contributed by atoms with Gasteiger partial charge in [-0.25, -0.2) is 0 Å². The average molecular weight is 543 g/mol. The van der Waals surface area contributed by atoms with Crippen LogP contribution in [0.4, 0.5) is 26.3 Å². The zero-order valence-electron chi connectivity index (χ0n) is 21.9. The molecule has 7 heteroatoms. The van der Waals surface area contributed by atoms with E-state index in [-0.39, 0.29) is 5.78 Å². The molecule has 0 heterocycles. The number of halogens is 6. The summed E-state index contributed by atoms with van der Waals surface area (Å²) in [5, 5.41) is 0. The van der Waals surface area contributed by atoms with Crippen molar-refractivity contribution in [1.29, 1.82) is 0 Å². The van der Waals surface area contributed by atoms with Crippen LogP contribution in [-0.2, 0) is 5.41 Å². The van der Waals surface area contributed by atoms with Crippen LogP contribution in [0.15, 0.2) is 97.1 Å². The molecular formula is C32H28F6O. The van der Waals surface area contributed by atoms with E-state index in [1.54, 1.807) is 13.8 Å². The summed E-state index contributed by atoms with van der Waals surface area (Å²) in [6.45, 7) is 7.22. The molecule has 1 nitrogen and oxygen atoms in total. The highest BCUT2D eigenvalue weighted by Gasteiger charge is 2.72. The summed E-state index contributed by atoms with van der Waals surface area (Å²) >= 11 is 0. The summed E-state index contributed by atoms with van der Waals surface area (Å²) in [4.78, 5) is 12.1. The number of alkyl halides is 6. The summed E-state index contributed by atoms with van der Waals surface area (Å²) in [6, 6.07) is 23.9. The Morgan fingerprint density at radius 2 is 0.667 bits per heavy atom. The normalized spacial score (nSPS) is 11.9. The Labute approximate surface area is 224 Å². The topological polar surface area (TPSA) is 17.1 Å². The van der Waals surface area contributed by atoms with Crippen LogP contribution in [0.25, 0.3) is 0 Å². The van der Waals surface area contributed by atoms with Gasteiger partial charge in [0, 0.05) is 11.1 Å². The summed E-state index contributed by atoms with van der Waals surface area (Å²) in [7, 11) is 0. The highest BCUT2D eigenvalue weighted by molar-refractivity contribution is 6.08. The first-order chi connectivity index (χ1) is 18.2. The average Bonchev–Trinajstić information content (AvgIpc) is 2.86. The second-order valence-electron chi connectivity index (χ2n) is 9.54. The fourth-order valence-corrected chi connectivity index (χ4v) is 4.17. The molecule has 0 fully saturated rings. The lowest BCUT2D eigenvalue weighted by Crippen LogP contribution is -2.54. The Morgan fingerprint density at radius 3 is 0.897 bits per heavy atom. The summed E-state index contributed by atoms with van der Waals surface area (Å²) < 4.78 is 82.3. The van der Waals surface area contributed by atoms with Crippen LogP contribution >= 0.6 is 0 Å². The van der Waals surface area contributed by atoms with Crippen LogP contribution in [0.1, 0.15) is 49.3 Å². The van der Waals surface area contributed by atoms with E-state index in [9.17, 15) is 31.1 Å². The molecule has 0 aliphatic carbocycles. The maximum absolute atomic E-state index is 13.7. The van der Waals surface area contributed by atoms with Gasteiger partial charge in [-0.1, -0.05) is 119 Å². The lowest BCUT2D eigenvalue weighted by molar-refractivity contribution is -0.288. The molecule has 0 radical (unpaired) electrons. The number of hydrogen-bond donors (Lipinski definition) is 0. The molecule has 4 rings (SSSR count). The van der Waals surface area contributed by atoms with Crippen molar-refractivity contribution in [3.63, 3.8) is 0 Å². The van der Waals surface area contributed by atoms with Crippen molar-refractivity contribution in [2.75, 3.05) is 0 Å². The van der Waals surface area contributed by atoms with E-state index in [0.717, 1.165) is 35.4 Å². The Balaban J connectivity index is 0.000000230. The molecule has 0 unspecified atom stereocenters. The van der Waals surface area contributed by atoms with E-state index in [4.69, 9.17) is 0 Å². The lowest BCUT2D eigenvalue weighted by Gasteiger charge is -2.38. The van der Waals surface area contributed by atoms with Crippen LogP contribution < -0.4 is 0 Å². The molecule has 0 aromatic heterocycles. The molecule has 0 aliphatic rings. The Bertz CT molecular complexity index is 1270. The van der Waals surface area contributed by atoms with Crippen molar-refractivity contribution in [3.05, 3.63) is 142 Å². The molecule has 0 N–H and O–H groups in total. The maximum Gasteiger partial charge on any atom is 0.411 e. The highest BCUT2D eigenvalue weighted by Crippen LogP contribution is 2.56. The Kier molecular flexibility index (Phi) is 8.74. The number of carbonyl (C=O) groups is 1. The second-order valence-corrected chi connectivity index (χ2v) is 9.54. The molecular weight excluding hydrogens is 514 g/mol. The van der Waals surface area contributed by atoms with Crippen LogP contribution in [-0.4, -0.2) is 18.1 Å². The van der Waals surface area contributed by atoms with Gasteiger partial charge in [0.25, 0.3) is 0 Å². The fraction of sp³-hybridized carbons (Fsp3) is 0.219. The third-order valence-electron chi connectivity index (χ3n) is 6.45. The first-order valence-electron chi connectivity index (χ1n) is 12.1. The van der Waals surface area contributed by atoms with E-state index in [0.29, 0.717) is 11.1 Å². The number of ketones is 1. The van der Waals surface area contributed by atoms with Crippen molar-refractivity contribution in [3.8, 4) is 0 Å². The first kappa shape index (κ1) is 29.7. The van der Waals surface area contributed by atoms with Crippen LogP contribution in [0.3, 0.4) is 0 Å². The molecule has 204 valence electrons. The lowest BCUT2D eigenvalue weighted by atomic mass is 9.72. The predicted octanol–water partition coefficient (Wildman–Crippen LogP) is 9.25. The largest absolute Gasteiger partial charge is 0.411 e. The van der Waals surface area contributed by atoms with Crippen LogP contribution in [0, 0.1) is 27.7 Å². The standard InChI is InChI=1S/C17H14F6.C15H14O/c1-11-3-7-13(8-4-11)15(16(18,19)20,17(21,22)23)14-9-5-12(2)6-10-14;1-11-3-7-13(8-4-11)15(16)14-9-5-12(2)6-10-14/h3-10H,1-2H3;3-10H,1-2H3. The van der Waals surface area contributed by atoms with E-state index in [1.807, 2.05) is 62.4 Å². The predicted molar refractivity (Wildman–Crippen MR) is 141 cm³/mol. The highest BCUT2D eigenvalue weighted by atomic mass is 19.4. The van der Waals surface area contributed by atoms with E-state index >= 15 is 0 Å². The SMILES string of the molecule is Cc1ccc(C(=O)c2ccc(C)cc2)cc1.Cc1ccc(C(c2ccc(C)cc2)(C(F)(F)F)C(F)(F)F)cc1.